The van der Waals surface area contributed by atoms with Crippen LogP contribution in [0.4, 0.5) is 0 Å². The van der Waals surface area contributed by atoms with Crippen LogP contribution in [0.3, 0.4) is 0 Å². The highest BCUT2D eigenvalue weighted by Crippen LogP contribution is 2.09. The molecule has 0 bridgehead atoms. The van der Waals surface area contributed by atoms with Crippen LogP contribution in [0.25, 0.3) is 0 Å². The number of nitrogens with one attached hydrogen (secondary N) is 2. The van der Waals surface area contributed by atoms with Gasteiger partial charge in [0.1, 0.15) is 0 Å². The van der Waals surface area contributed by atoms with Crippen LogP contribution >= 0.6 is 0 Å². The van der Waals surface area contributed by atoms with E-state index < -0.39 is 0 Å². The Kier molecular flexibility index (Phi) is 7.15. The second-order valence-corrected chi connectivity index (χ2v) is 4.69. The minimum Gasteiger partial charge on any atom is -0.383 e. The number of amides is 1. The molecule has 1 aromatic carbocycles. The summed E-state index contributed by atoms with van der Waals surface area (Å²) >= 11 is 0. The van der Waals surface area contributed by atoms with Gasteiger partial charge in [-0.3, -0.25) is 4.79 Å². The number of hydrogen-bond acceptors (Lipinski definition) is 3. The lowest BCUT2D eigenvalue weighted by Gasteiger charge is -2.08. The van der Waals surface area contributed by atoms with Gasteiger partial charge in [0.15, 0.2) is 0 Å². The summed E-state index contributed by atoms with van der Waals surface area (Å²) in [5, 5.41) is 6.07. The highest BCUT2D eigenvalue weighted by atomic mass is 16.5. The van der Waals surface area contributed by atoms with Gasteiger partial charge < -0.3 is 15.4 Å². The van der Waals surface area contributed by atoms with Crippen LogP contribution in [0, 0.1) is 13.8 Å². The van der Waals surface area contributed by atoms with Crippen molar-refractivity contribution in [1.82, 2.24) is 10.6 Å². The van der Waals surface area contributed by atoms with Crippen LogP contribution in [0.1, 0.15) is 23.1 Å². The molecule has 0 atom stereocenters. The number of benzene rings is 1. The van der Waals surface area contributed by atoms with Crippen molar-refractivity contribution in [3.8, 4) is 0 Å². The monoisotopic (exact) mass is 264 g/mol. The lowest BCUT2D eigenvalue weighted by Crippen LogP contribution is -2.29. The quantitative estimate of drug-likeness (QED) is 0.700. The maximum absolute atomic E-state index is 11.4. The van der Waals surface area contributed by atoms with Crippen molar-refractivity contribution < 1.29 is 9.53 Å². The third-order valence-corrected chi connectivity index (χ3v) is 3.06. The smallest absolute Gasteiger partial charge is 0.221 e. The van der Waals surface area contributed by atoms with E-state index in [0.29, 0.717) is 26.1 Å². The predicted molar refractivity (Wildman–Crippen MR) is 77.1 cm³/mol. The molecule has 0 aliphatic carbocycles. The fourth-order valence-corrected chi connectivity index (χ4v) is 1.73. The Morgan fingerprint density at radius 1 is 1.21 bits per heavy atom. The van der Waals surface area contributed by atoms with Crippen LogP contribution in [0.2, 0.25) is 0 Å². The molecule has 4 nitrogen and oxygen atoms in total. The van der Waals surface area contributed by atoms with Gasteiger partial charge >= 0.3 is 0 Å². The summed E-state index contributed by atoms with van der Waals surface area (Å²) in [5.74, 6) is 0.0598. The minimum absolute atomic E-state index is 0.0598. The number of aryl methyl sites for hydroxylation is 2. The second kappa shape index (κ2) is 8.67. The molecule has 1 amide bonds. The van der Waals surface area contributed by atoms with Crippen molar-refractivity contribution in [2.75, 3.05) is 26.8 Å². The average Bonchev–Trinajstić information content (AvgIpc) is 2.39. The highest BCUT2D eigenvalue weighted by Gasteiger charge is 2.00. The molecule has 0 saturated heterocycles. The van der Waals surface area contributed by atoms with Crippen LogP contribution in [0.15, 0.2) is 18.2 Å². The first kappa shape index (κ1) is 15.7. The number of methoxy groups -OCH3 is 1. The molecule has 0 spiro atoms. The van der Waals surface area contributed by atoms with Gasteiger partial charge in [0.2, 0.25) is 5.91 Å². The molecule has 0 radical (unpaired) electrons. The molecule has 0 saturated carbocycles. The molecular weight excluding hydrogens is 240 g/mol. The van der Waals surface area contributed by atoms with Crippen LogP contribution in [0.5, 0.6) is 0 Å². The fraction of sp³-hybridized carbons (Fsp3) is 0.533. The zero-order chi connectivity index (χ0) is 14.1. The molecule has 0 aliphatic heterocycles. The Morgan fingerprint density at radius 2 is 2.00 bits per heavy atom. The average molecular weight is 264 g/mol. The summed E-state index contributed by atoms with van der Waals surface area (Å²) in [5.41, 5.74) is 3.86. The van der Waals surface area contributed by atoms with E-state index in [-0.39, 0.29) is 5.91 Å². The summed E-state index contributed by atoms with van der Waals surface area (Å²) in [6.45, 7) is 6.84. The third-order valence-electron chi connectivity index (χ3n) is 3.06. The number of hydrogen-bond donors (Lipinski definition) is 2. The molecule has 0 fully saturated rings. The van der Waals surface area contributed by atoms with Crippen molar-refractivity contribution in [2.45, 2.75) is 26.8 Å². The lowest BCUT2D eigenvalue weighted by atomic mass is 10.1. The lowest BCUT2D eigenvalue weighted by molar-refractivity contribution is -0.121. The van der Waals surface area contributed by atoms with Crippen molar-refractivity contribution in [1.29, 1.82) is 0 Å². The maximum atomic E-state index is 11.4. The molecule has 0 aliphatic rings. The predicted octanol–water partition coefficient (Wildman–Crippen LogP) is 1.55. The van der Waals surface area contributed by atoms with Gasteiger partial charge in [0.25, 0.3) is 0 Å². The highest BCUT2D eigenvalue weighted by molar-refractivity contribution is 5.76. The number of carbonyl (C=O) groups is 1. The molecule has 0 aromatic heterocycles. The Bertz CT molecular complexity index is 405. The van der Waals surface area contributed by atoms with Crippen molar-refractivity contribution in [3.05, 3.63) is 34.9 Å². The molecule has 106 valence electrons. The van der Waals surface area contributed by atoms with E-state index in [9.17, 15) is 4.79 Å². The standard InChI is InChI=1S/C15H24N2O2/c1-12-4-5-14(10-13(12)2)11-16-7-6-15(18)17-8-9-19-3/h4-5,10,16H,6-9,11H2,1-3H3,(H,17,18). The van der Waals surface area contributed by atoms with E-state index in [2.05, 4.69) is 42.7 Å². The van der Waals surface area contributed by atoms with E-state index in [4.69, 9.17) is 4.74 Å². The zero-order valence-corrected chi connectivity index (χ0v) is 12.1. The van der Waals surface area contributed by atoms with Crippen molar-refractivity contribution in [2.24, 2.45) is 0 Å². The third kappa shape index (κ3) is 6.36. The second-order valence-electron chi connectivity index (χ2n) is 4.69. The number of rotatable bonds is 8. The van der Waals surface area contributed by atoms with E-state index in [1.807, 2.05) is 0 Å². The van der Waals surface area contributed by atoms with Gasteiger partial charge in [-0.05, 0) is 30.5 Å². The SMILES string of the molecule is COCCNC(=O)CCNCc1ccc(C)c(C)c1. The van der Waals surface area contributed by atoms with Crippen LogP contribution in [-0.4, -0.2) is 32.7 Å². The number of carbonyl (C=O) groups excluding carboxylic acids is 1. The molecule has 4 heteroatoms. The maximum Gasteiger partial charge on any atom is 0.221 e. The van der Waals surface area contributed by atoms with Crippen molar-refractivity contribution in [3.63, 3.8) is 0 Å². The van der Waals surface area contributed by atoms with Crippen LogP contribution in [-0.2, 0) is 16.1 Å². The number of ether oxygens (including phenoxy) is 1. The fourth-order valence-electron chi connectivity index (χ4n) is 1.73. The normalized spacial score (nSPS) is 10.5. The first-order valence-corrected chi connectivity index (χ1v) is 6.66. The summed E-state index contributed by atoms with van der Waals surface area (Å²) < 4.78 is 4.87. The molecule has 19 heavy (non-hydrogen) atoms. The summed E-state index contributed by atoms with van der Waals surface area (Å²) in [4.78, 5) is 11.4. The largest absolute Gasteiger partial charge is 0.383 e. The zero-order valence-electron chi connectivity index (χ0n) is 12.1. The Labute approximate surface area is 115 Å². The first-order chi connectivity index (χ1) is 9.13. The van der Waals surface area contributed by atoms with Gasteiger partial charge in [-0.1, -0.05) is 18.2 Å². The van der Waals surface area contributed by atoms with Gasteiger partial charge in [0, 0.05) is 33.2 Å². The molecule has 0 heterocycles. The van der Waals surface area contributed by atoms with Gasteiger partial charge in [0.05, 0.1) is 6.61 Å². The Morgan fingerprint density at radius 3 is 2.68 bits per heavy atom. The van der Waals surface area contributed by atoms with Gasteiger partial charge in [-0.25, -0.2) is 0 Å². The van der Waals surface area contributed by atoms with E-state index >= 15 is 0 Å². The summed E-state index contributed by atoms with van der Waals surface area (Å²) in [6.07, 6.45) is 0.495. The van der Waals surface area contributed by atoms with E-state index in [0.717, 1.165) is 6.54 Å². The van der Waals surface area contributed by atoms with Gasteiger partial charge in [-0.2, -0.15) is 0 Å². The van der Waals surface area contributed by atoms with Crippen molar-refractivity contribution >= 4 is 5.91 Å². The molecule has 2 N–H and O–H groups in total. The molecule has 0 unspecified atom stereocenters. The first-order valence-electron chi connectivity index (χ1n) is 6.66. The Balaban J connectivity index is 2.16. The summed E-state index contributed by atoms with van der Waals surface area (Å²) in [7, 11) is 1.62. The van der Waals surface area contributed by atoms with Gasteiger partial charge in [-0.15, -0.1) is 0 Å². The molecule has 1 rings (SSSR count). The van der Waals surface area contributed by atoms with E-state index in [1.165, 1.54) is 16.7 Å². The molecule has 1 aromatic rings. The minimum atomic E-state index is 0.0598. The van der Waals surface area contributed by atoms with E-state index in [1.54, 1.807) is 7.11 Å². The Hall–Kier alpha value is -1.39. The molecular formula is C15H24N2O2. The summed E-state index contributed by atoms with van der Waals surface area (Å²) in [6, 6.07) is 6.43. The van der Waals surface area contributed by atoms with Crippen LogP contribution < -0.4 is 10.6 Å². The topological polar surface area (TPSA) is 50.4 Å².